The Hall–Kier alpha value is -2.19. The summed E-state index contributed by atoms with van der Waals surface area (Å²) in [6.07, 6.45) is 3.51. The topological polar surface area (TPSA) is 73.7 Å². The molecule has 0 N–H and O–H groups in total. The molecule has 134 valence electrons. The molecule has 2 aromatic rings. The number of aromatic nitrogens is 2. The monoisotopic (exact) mass is 409 g/mol. The Morgan fingerprint density at radius 2 is 2.00 bits per heavy atom. The molecular weight excluding hydrogens is 390 g/mol. The molecule has 1 aromatic carbocycles. The maximum Gasteiger partial charge on any atom is 0.325 e. The number of hydrogen-bond acceptors (Lipinski definition) is 5. The SMILES string of the molecule is CCOC(=O)CN(CCOC)C(=O)c1ccc(-n2cc(Br)cn2)cc1. The lowest BCUT2D eigenvalue weighted by Crippen LogP contribution is -2.38. The first-order valence-corrected chi connectivity index (χ1v) is 8.59. The molecule has 0 aliphatic heterocycles. The van der Waals surface area contributed by atoms with E-state index < -0.39 is 5.97 Å². The Kier molecular flexibility index (Phi) is 7.15. The van der Waals surface area contributed by atoms with Gasteiger partial charge in [-0.05, 0) is 47.1 Å². The molecule has 0 unspecified atom stereocenters. The first-order chi connectivity index (χ1) is 12.0. The maximum atomic E-state index is 12.7. The summed E-state index contributed by atoms with van der Waals surface area (Å²) in [6.45, 7) is 2.54. The Labute approximate surface area is 154 Å². The number of carbonyl (C=O) groups is 2. The largest absolute Gasteiger partial charge is 0.465 e. The van der Waals surface area contributed by atoms with Gasteiger partial charge in [-0.3, -0.25) is 9.59 Å². The van der Waals surface area contributed by atoms with Crippen molar-refractivity contribution in [2.45, 2.75) is 6.92 Å². The second-order valence-electron chi connectivity index (χ2n) is 5.17. The van der Waals surface area contributed by atoms with E-state index >= 15 is 0 Å². The van der Waals surface area contributed by atoms with E-state index in [4.69, 9.17) is 9.47 Å². The molecule has 0 saturated heterocycles. The van der Waals surface area contributed by atoms with Gasteiger partial charge in [-0.1, -0.05) is 0 Å². The highest BCUT2D eigenvalue weighted by Gasteiger charge is 2.19. The van der Waals surface area contributed by atoms with Crippen LogP contribution < -0.4 is 0 Å². The number of ether oxygens (including phenoxy) is 2. The number of esters is 1. The van der Waals surface area contributed by atoms with Crippen LogP contribution in [0, 0.1) is 0 Å². The van der Waals surface area contributed by atoms with Crippen molar-refractivity contribution in [3.63, 3.8) is 0 Å². The average Bonchev–Trinajstić information content (AvgIpc) is 3.05. The fraction of sp³-hybridized carbons (Fsp3) is 0.353. The number of benzene rings is 1. The molecule has 1 aromatic heterocycles. The third kappa shape index (κ3) is 5.40. The molecule has 25 heavy (non-hydrogen) atoms. The number of carbonyl (C=O) groups excluding carboxylic acids is 2. The third-order valence-corrected chi connectivity index (χ3v) is 3.82. The normalized spacial score (nSPS) is 10.5. The fourth-order valence-electron chi connectivity index (χ4n) is 2.20. The molecule has 1 heterocycles. The average molecular weight is 410 g/mol. The van der Waals surface area contributed by atoms with Gasteiger partial charge < -0.3 is 14.4 Å². The highest BCUT2D eigenvalue weighted by atomic mass is 79.9. The molecular formula is C17H20BrN3O4. The van der Waals surface area contributed by atoms with Gasteiger partial charge in [0.25, 0.3) is 5.91 Å². The van der Waals surface area contributed by atoms with Crippen molar-refractivity contribution >= 4 is 27.8 Å². The smallest absolute Gasteiger partial charge is 0.325 e. The molecule has 0 radical (unpaired) electrons. The second-order valence-corrected chi connectivity index (χ2v) is 6.09. The summed E-state index contributed by atoms with van der Waals surface area (Å²) in [5.41, 5.74) is 1.31. The summed E-state index contributed by atoms with van der Waals surface area (Å²) in [7, 11) is 1.55. The fourth-order valence-corrected chi connectivity index (χ4v) is 2.48. The van der Waals surface area contributed by atoms with Crippen LogP contribution in [-0.4, -0.2) is 60.0 Å². The molecule has 7 nitrogen and oxygen atoms in total. The molecule has 0 saturated carbocycles. The van der Waals surface area contributed by atoms with E-state index in [0.29, 0.717) is 18.7 Å². The minimum absolute atomic E-state index is 0.107. The summed E-state index contributed by atoms with van der Waals surface area (Å²) >= 11 is 3.35. The van der Waals surface area contributed by atoms with Crippen LogP contribution in [0.15, 0.2) is 41.1 Å². The van der Waals surface area contributed by atoms with Crippen LogP contribution in [0.1, 0.15) is 17.3 Å². The molecule has 2 rings (SSSR count). The lowest BCUT2D eigenvalue weighted by Gasteiger charge is -2.21. The molecule has 0 spiro atoms. The van der Waals surface area contributed by atoms with E-state index in [2.05, 4.69) is 21.0 Å². The van der Waals surface area contributed by atoms with E-state index in [1.807, 2.05) is 6.20 Å². The Bertz CT molecular complexity index is 715. The van der Waals surface area contributed by atoms with Crippen molar-refractivity contribution in [1.29, 1.82) is 0 Å². The molecule has 0 aliphatic carbocycles. The number of halogens is 1. The van der Waals surface area contributed by atoms with Crippen molar-refractivity contribution in [2.24, 2.45) is 0 Å². The minimum atomic E-state index is -0.440. The van der Waals surface area contributed by atoms with E-state index in [1.54, 1.807) is 49.2 Å². The second kappa shape index (κ2) is 9.33. The Balaban J connectivity index is 2.12. The predicted octanol–water partition coefficient (Wildman–Crippen LogP) is 2.29. The molecule has 0 bridgehead atoms. The van der Waals surface area contributed by atoms with Gasteiger partial charge in [-0.2, -0.15) is 5.10 Å². The Morgan fingerprint density at radius 1 is 1.28 bits per heavy atom. The van der Waals surface area contributed by atoms with Crippen LogP contribution in [0.25, 0.3) is 5.69 Å². The van der Waals surface area contributed by atoms with E-state index in [9.17, 15) is 9.59 Å². The number of nitrogens with zero attached hydrogens (tertiary/aromatic N) is 3. The lowest BCUT2D eigenvalue weighted by molar-refractivity contribution is -0.143. The van der Waals surface area contributed by atoms with Crippen molar-refractivity contribution < 1.29 is 19.1 Å². The van der Waals surface area contributed by atoms with E-state index in [1.165, 1.54) is 4.90 Å². The van der Waals surface area contributed by atoms with Gasteiger partial charge in [-0.25, -0.2) is 4.68 Å². The number of methoxy groups -OCH3 is 1. The highest BCUT2D eigenvalue weighted by Crippen LogP contribution is 2.14. The number of hydrogen-bond donors (Lipinski definition) is 0. The predicted molar refractivity (Wildman–Crippen MR) is 95.7 cm³/mol. The van der Waals surface area contributed by atoms with Gasteiger partial charge in [0.15, 0.2) is 0 Å². The van der Waals surface area contributed by atoms with Crippen LogP contribution in [0.2, 0.25) is 0 Å². The zero-order valence-electron chi connectivity index (χ0n) is 14.1. The molecule has 0 aliphatic rings. The quantitative estimate of drug-likeness (QED) is 0.625. The van der Waals surface area contributed by atoms with Gasteiger partial charge in [0.05, 0.1) is 29.6 Å². The summed E-state index contributed by atoms with van der Waals surface area (Å²) < 4.78 is 12.5. The van der Waals surface area contributed by atoms with Crippen molar-refractivity contribution in [3.8, 4) is 5.69 Å². The van der Waals surface area contributed by atoms with Crippen LogP contribution in [0.4, 0.5) is 0 Å². The molecule has 0 fully saturated rings. The van der Waals surface area contributed by atoms with Crippen LogP contribution in [0.3, 0.4) is 0 Å². The van der Waals surface area contributed by atoms with E-state index in [0.717, 1.165) is 10.2 Å². The van der Waals surface area contributed by atoms with Gasteiger partial charge in [0.2, 0.25) is 0 Å². The third-order valence-electron chi connectivity index (χ3n) is 3.41. The van der Waals surface area contributed by atoms with Gasteiger partial charge in [0, 0.05) is 25.4 Å². The van der Waals surface area contributed by atoms with Crippen molar-refractivity contribution in [2.75, 3.05) is 33.4 Å². The summed E-state index contributed by atoms with van der Waals surface area (Å²) in [4.78, 5) is 25.8. The summed E-state index contributed by atoms with van der Waals surface area (Å²) in [5, 5.41) is 4.19. The van der Waals surface area contributed by atoms with Crippen LogP contribution >= 0.6 is 15.9 Å². The zero-order chi connectivity index (χ0) is 18.2. The van der Waals surface area contributed by atoms with Crippen molar-refractivity contribution in [1.82, 2.24) is 14.7 Å². The lowest BCUT2D eigenvalue weighted by atomic mass is 10.1. The van der Waals surface area contributed by atoms with Crippen molar-refractivity contribution in [3.05, 3.63) is 46.7 Å². The Morgan fingerprint density at radius 3 is 2.56 bits per heavy atom. The number of amides is 1. The van der Waals surface area contributed by atoms with Crippen LogP contribution in [-0.2, 0) is 14.3 Å². The first-order valence-electron chi connectivity index (χ1n) is 7.79. The van der Waals surface area contributed by atoms with Crippen LogP contribution in [0.5, 0.6) is 0 Å². The maximum absolute atomic E-state index is 12.7. The van der Waals surface area contributed by atoms with Gasteiger partial charge >= 0.3 is 5.97 Å². The summed E-state index contributed by atoms with van der Waals surface area (Å²) in [5.74, 6) is -0.691. The molecule has 1 amide bonds. The van der Waals surface area contributed by atoms with Gasteiger partial charge in [-0.15, -0.1) is 0 Å². The van der Waals surface area contributed by atoms with Gasteiger partial charge in [0.1, 0.15) is 6.54 Å². The first kappa shape index (κ1) is 19.1. The highest BCUT2D eigenvalue weighted by molar-refractivity contribution is 9.10. The standard InChI is InChI=1S/C17H20BrN3O4/c1-3-25-16(22)12-20(8-9-24-2)17(23)13-4-6-15(7-5-13)21-11-14(18)10-19-21/h4-7,10-11H,3,8-9,12H2,1-2H3. The minimum Gasteiger partial charge on any atom is -0.465 e. The molecule has 0 atom stereocenters. The molecule has 8 heteroatoms. The number of rotatable bonds is 8. The summed E-state index contributed by atoms with van der Waals surface area (Å²) in [6, 6.07) is 7.01. The van der Waals surface area contributed by atoms with E-state index in [-0.39, 0.29) is 19.1 Å². The zero-order valence-corrected chi connectivity index (χ0v) is 15.7.